The molecule has 1 saturated heterocycles. The number of hydrogen-bond acceptors (Lipinski definition) is 5. The predicted molar refractivity (Wildman–Crippen MR) is 109 cm³/mol. The molecule has 2 heterocycles. The van der Waals surface area contributed by atoms with Crippen molar-refractivity contribution in [2.24, 2.45) is 0 Å². The van der Waals surface area contributed by atoms with E-state index in [1.165, 1.54) is 25.8 Å². The van der Waals surface area contributed by atoms with Crippen LogP contribution in [-0.2, 0) is 11.2 Å². The van der Waals surface area contributed by atoms with E-state index >= 15 is 0 Å². The fourth-order valence-electron chi connectivity index (χ4n) is 3.65. The number of thioether (sulfide) groups is 1. The van der Waals surface area contributed by atoms with Crippen LogP contribution in [0.1, 0.15) is 62.4 Å². The number of rotatable bonds is 9. The zero-order chi connectivity index (χ0) is 18.9. The average Bonchev–Trinajstić information content (AvgIpc) is 2.62. The molecular formula is C20H34N4OS. The largest absolute Gasteiger partial charge is 0.356 e. The van der Waals surface area contributed by atoms with Gasteiger partial charge in [-0.15, -0.1) is 0 Å². The summed E-state index contributed by atoms with van der Waals surface area (Å²) in [5.74, 6) is 0.129. The summed E-state index contributed by atoms with van der Waals surface area (Å²) in [4.78, 5) is 23.7. The van der Waals surface area contributed by atoms with Crippen LogP contribution < -0.4 is 5.32 Å². The Morgan fingerprint density at radius 2 is 1.96 bits per heavy atom. The number of hydrogen-bond donors (Lipinski definition) is 1. The van der Waals surface area contributed by atoms with Gasteiger partial charge in [0, 0.05) is 30.4 Å². The van der Waals surface area contributed by atoms with Gasteiger partial charge in [-0.1, -0.05) is 18.2 Å². The minimum absolute atomic E-state index is 0.129. The van der Waals surface area contributed by atoms with E-state index in [1.807, 2.05) is 20.1 Å². The molecule has 1 aromatic heterocycles. The summed E-state index contributed by atoms with van der Waals surface area (Å²) in [6.45, 7) is 9.52. The molecule has 1 atom stereocenters. The molecule has 1 fully saturated rings. The SMILES string of the molecule is CSc1nc(C)c(CCC(=O)NCCCCN2CCCCC2C)c(C)n1. The fraction of sp³-hybridized carbons (Fsp3) is 0.750. The minimum Gasteiger partial charge on any atom is -0.356 e. The number of aryl methyl sites for hydroxylation is 2. The molecule has 2 rings (SSSR count). The van der Waals surface area contributed by atoms with Gasteiger partial charge in [-0.05, 0) is 77.8 Å². The van der Waals surface area contributed by atoms with Gasteiger partial charge in [0.2, 0.25) is 5.91 Å². The number of unbranched alkanes of at least 4 members (excludes halogenated alkanes) is 1. The van der Waals surface area contributed by atoms with Crippen LogP contribution in [0.15, 0.2) is 5.16 Å². The Labute approximate surface area is 162 Å². The first-order chi connectivity index (χ1) is 12.5. The van der Waals surface area contributed by atoms with Crippen molar-refractivity contribution in [3.63, 3.8) is 0 Å². The van der Waals surface area contributed by atoms with Crippen molar-refractivity contribution in [2.75, 3.05) is 25.9 Å². The lowest BCUT2D eigenvalue weighted by molar-refractivity contribution is -0.121. The van der Waals surface area contributed by atoms with E-state index in [1.54, 1.807) is 11.8 Å². The first-order valence-electron chi connectivity index (χ1n) is 9.90. The van der Waals surface area contributed by atoms with Crippen molar-refractivity contribution in [3.05, 3.63) is 17.0 Å². The van der Waals surface area contributed by atoms with Crippen LogP contribution in [0.25, 0.3) is 0 Å². The Balaban J connectivity index is 1.63. The monoisotopic (exact) mass is 378 g/mol. The van der Waals surface area contributed by atoms with E-state index < -0.39 is 0 Å². The van der Waals surface area contributed by atoms with Gasteiger partial charge in [0.25, 0.3) is 0 Å². The van der Waals surface area contributed by atoms with Crippen LogP contribution in [0.4, 0.5) is 0 Å². The molecular weight excluding hydrogens is 344 g/mol. The molecule has 5 nitrogen and oxygen atoms in total. The van der Waals surface area contributed by atoms with Crippen LogP contribution in [0.2, 0.25) is 0 Å². The second-order valence-corrected chi connectivity index (χ2v) is 8.07. The lowest BCUT2D eigenvalue weighted by Crippen LogP contribution is -2.38. The Kier molecular flexibility index (Phi) is 8.85. The van der Waals surface area contributed by atoms with Gasteiger partial charge in [-0.2, -0.15) is 0 Å². The summed E-state index contributed by atoms with van der Waals surface area (Å²) < 4.78 is 0. The van der Waals surface area contributed by atoms with Crippen molar-refractivity contribution in [1.82, 2.24) is 20.2 Å². The number of nitrogens with one attached hydrogen (secondary N) is 1. The molecule has 0 bridgehead atoms. The highest BCUT2D eigenvalue weighted by Crippen LogP contribution is 2.18. The standard InChI is InChI=1S/C20H34N4OS/c1-15-9-5-7-13-24(15)14-8-6-12-21-19(25)11-10-18-16(2)22-20(26-4)23-17(18)3/h15H,5-14H2,1-4H3,(H,21,25). The first-order valence-corrected chi connectivity index (χ1v) is 11.1. The lowest BCUT2D eigenvalue weighted by atomic mass is 10.0. The molecule has 0 aromatic carbocycles. The number of amides is 1. The van der Waals surface area contributed by atoms with E-state index in [2.05, 4.69) is 27.1 Å². The lowest BCUT2D eigenvalue weighted by Gasteiger charge is -2.33. The van der Waals surface area contributed by atoms with Gasteiger partial charge in [-0.25, -0.2) is 9.97 Å². The molecule has 1 aliphatic heterocycles. The van der Waals surface area contributed by atoms with E-state index in [4.69, 9.17) is 0 Å². The predicted octanol–water partition coefficient (Wildman–Crippen LogP) is 3.52. The summed E-state index contributed by atoms with van der Waals surface area (Å²) in [6.07, 6.45) is 9.45. The first kappa shape index (κ1) is 21.2. The minimum atomic E-state index is 0.129. The second-order valence-electron chi connectivity index (χ2n) is 7.30. The zero-order valence-corrected chi connectivity index (χ0v) is 17.6. The zero-order valence-electron chi connectivity index (χ0n) is 16.8. The number of carbonyl (C=O) groups excluding carboxylic acids is 1. The van der Waals surface area contributed by atoms with Crippen LogP contribution in [0.5, 0.6) is 0 Å². The van der Waals surface area contributed by atoms with Crippen molar-refractivity contribution >= 4 is 17.7 Å². The molecule has 146 valence electrons. The van der Waals surface area contributed by atoms with Crippen LogP contribution in [0, 0.1) is 13.8 Å². The maximum atomic E-state index is 12.1. The number of carbonyl (C=O) groups is 1. The van der Waals surface area contributed by atoms with E-state index in [0.717, 1.165) is 54.1 Å². The molecule has 26 heavy (non-hydrogen) atoms. The van der Waals surface area contributed by atoms with Crippen LogP contribution in [-0.4, -0.2) is 52.7 Å². The third-order valence-corrected chi connectivity index (χ3v) is 5.87. The quantitative estimate of drug-likeness (QED) is 0.405. The fourth-order valence-corrected chi connectivity index (χ4v) is 4.10. The van der Waals surface area contributed by atoms with Crippen molar-refractivity contribution < 1.29 is 4.79 Å². The Bertz CT molecular complexity index is 570. The highest BCUT2D eigenvalue weighted by molar-refractivity contribution is 7.98. The molecule has 0 spiro atoms. The summed E-state index contributed by atoms with van der Waals surface area (Å²) in [5, 5.41) is 3.86. The summed E-state index contributed by atoms with van der Waals surface area (Å²) in [7, 11) is 0. The normalized spacial score (nSPS) is 18.1. The number of nitrogens with zero attached hydrogens (tertiary/aromatic N) is 3. The van der Waals surface area contributed by atoms with Gasteiger partial charge in [0.05, 0.1) is 0 Å². The van der Waals surface area contributed by atoms with Crippen LogP contribution >= 0.6 is 11.8 Å². The number of piperidine rings is 1. The highest BCUT2D eigenvalue weighted by Gasteiger charge is 2.17. The smallest absolute Gasteiger partial charge is 0.220 e. The van der Waals surface area contributed by atoms with E-state index in [0.29, 0.717) is 12.8 Å². The molecule has 0 aliphatic carbocycles. The Hall–Kier alpha value is -1.14. The molecule has 6 heteroatoms. The van der Waals surface area contributed by atoms with Crippen molar-refractivity contribution in [3.8, 4) is 0 Å². The molecule has 1 aliphatic rings. The Morgan fingerprint density at radius 3 is 2.62 bits per heavy atom. The van der Waals surface area contributed by atoms with Gasteiger partial charge >= 0.3 is 0 Å². The molecule has 1 unspecified atom stereocenters. The topological polar surface area (TPSA) is 58.1 Å². The molecule has 1 aromatic rings. The van der Waals surface area contributed by atoms with Gasteiger partial charge < -0.3 is 10.2 Å². The van der Waals surface area contributed by atoms with E-state index in [-0.39, 0.29) is 5.91 Å². The van der Waals surface area contributed by atoms with Crippen LogP contribution in [0.3, 0.4) is 0 Å². The van der Waals surface area contributed by atoms with Gasteiger partial charge in [0.1, 0.15) is 0 Å². The molecule has 1 N–H and O–H groups in total. The number of likely N-dealkylation sites (tertiary alicyclic amines) is 1. The maximum absolute atomic E-state index is 12.1. The van der Waals surface area contributed by atoms with Crippen molar-refractivity contribution in [2.45, 2.75) is 76.9 Å². The Morgan fingerprint density at radius 1 is 1.23 bits per heavy atom. The third-order valence-electron chi connectivity index (χ3n) is 5.32. The third kappa shape index (κ3) is 6.54. The summed E-state index contributed by atoms with van der Waals surface area (Å²) in [6, 6.07) is 0.726. The summed E-state index contributed by atoms with van der Waals surface area (Å²) >= 11 is 1.55. The van der Waals surface area contributed by atoms with Gasteiger partial charge in [0.15, 0.2) is 5.16 Å². The van der Waals surface area contributed by atoms with Gasteiger partial charge in [-0.3, -0.25) is 4.79 Å². The molecule has 1 amide bonds. The van der Waals surface area contributed by atoms with Crippen molar-refractivity contribution in [1.29, 1.82) is 0 Å². The molecule has 0 radical (unpaired) electrons. The summed E-state index contributed by atoms with van der Waals surface area (Å²) in [5.41, 5.74) is 3.09. The maximum Gasteiger partial charge on any atom is 0.220 e. The second kappa shape index (κ2) is 10.9. The highest BCUT2D eigenvalue weighted by atomic mass is 32.2. The number of aromatic nitrogens is 2. The molecule has 0 saturated carbocycles. The average molecular weight is 379 g/mol. The van der Waals surface area contributed by atoms with E-state index in [9.17, 15) is 4.79 Å².